The summed E-state index contributed by atoms with van der Waals surface area (Å²) in [6, 6.07) is 11.7. The molecule has 0 saturated carbocycles. The van der Waals surface area contributed by atoms with Gasteiger partial charge >= 0.3 is 0 Å². The molecular weight excluding hydrogens is 428 g/mol. The number of ether oxygens (including phenoxy) is 1. The molecule has 1 aliphatic rings. The number of amides is 1. The molecule has 0 saturated heterocycles. The monoisotopic (exact) mass is 446 g/mol. The summed E-state index contributed by atoms with van der Waals surface area (Å²) in [5.41, 5.74) is 2.07. The molecule has 0 bridgehead atoms. The van der Waals surface area contributed by atoms with Gasteiger partial charge in [-0.3, -0.25) is 4.79 Å². The van der Waals surface area contributed by atoms with Crippen molar-refractivity contribution in [1.82, 2.24) is 14.7 Å². The highest BCUT2D eigenvalue weighted by molar-refractivity contribution is 7.89. The minimum absolute atomic E-state index is 0.0219. The number of benzene rings is 2. The van der Waals surface area contributed by atoms with Crippen molar-refractivity contribution in [2.24, 2.45) is 0 Å². The molecule has 30 heavy (non-hydrogen) atoms. The van der Waals surface area contributed by atoms with E-state index in [0.29, 0.717) is 17.9 Å². The second-order valence-corrected chi connectivity index (χ2v) is 8.84. The number of halogens is 1. The SMILES string of the molecule is CCC(NS(=O)(=O)c1cc2c(cc1Cl)NC(=O)CO2)c1ncc(-c2ccccc2)[nH]1. The largest absolute Gasteiger partial charge is 0.482 e. The Morgan fingerprint density at radius 1 is 1.27 bits per heavy atom. The van der Waals surface area contributed by atoms with E-state index in [4.69, 9.17) is 16.3 Å². The molecule has 1 unspecified atom stereocenters. The van der Waals surface area contributed by atoms with Crippen LogP contribution in [0.4, 0.5) is 5.69 Å². The summed E-state index contributed by atoms with van der Waals surface area (Å²) in [6.45, 7) is 1.67. The number of aromatic amines is 1. The van der Waals surface area contributed by atoms with Gasteiger partial charge in [0.1, 0.15) is 16.5 Å². The minimum atomic E-state index is -3.99. The van der Waals surface area contributed by atoms with Gasteiger partial charge in [-0.1, -0.05) is 48.9 Å². The standard InChI is InChI=1S/C20H19ClN4O4S/c1-2-14(20-22-10-16(24-20)12-6-4-3-5-7-12)25-30(27,28)18-9-17-15(8-13(18)21)23-19(26)11-29-17/h3-10,14,25H,2,11H2,1H3,(H,22,24)(H,23,26). The van der Waals surface area contributed by atoms with Gasteiger partial charge in [0.25, 0.3) is 5.91 Å². The Balaban J connectivity index is 1.61. The average Bonchev–Trinajstić information content (AvgIpc) is 3.22. The highest BCUT2D eigenvalue weighted by atomic mass is 35.5. The zero-order chi connectivity index (χ0) is 21.3. The van der Waals surface area contributed by atoms with Crippen LogP contribution < -0.4 is 14.8 Å². The number of rotatable bonds is 6. The molecule has 0 fully saturated rings. The number of hydrogen-bond acceptors (Lipinski definition) is 5. The molecule has 1 aromatic heterocycles. The molecule has 0 radical (unpaired) electrons. The molecule has 3 aromatic rings. The molecule has 1 atom stereocenters. The van der Waals surface area contributed by atoms with Crippen LogP contribution in [0.3, 0.4) is 0 Å². The van der Waals surface area contributed by atoms with Crippen molar-refractivity contribution in [3.8, 4) is 17.0 Å². The van der Waals surface area contributed by atoms with Crippen LogP contribution >= 0.6 is 11.6 Å². The molecule has 156 valence electrons. The summed E-state index contributed by atoms with van der Waals surface area (Å²) in [5.74, 6) is 0.416. The van der Waals surface area contributed by atoms with Gasteiger partial charge in [-0.2, -0.15) is 0 Å². The third-order valence-corrected chi connectivity index (χ3v) is 6.61. The lowest BCUT2D eigenvalue weighted by Crippen LogP contribution is -2.30. The number of aromatic nitrogens is 2. The number of hydrogen-bond donors (Lipinski definition) is 3. The van der Waals surface area contributed by atoms with Gasteiger partial charge in [0.05, 0.1) is 28.6 Å². The molecule has 10 heteroatoms. The van der Waals surface area contributed by atoms with Crippen molar-refractivity contribution >= 4 is 33.2 Å². The Hall–Kier alpha value is -2.88. The maximum absolute atomic E-state index is 13.0. The van der Waals surface area contributed by atoms with Crippen molar-refractivity contribution < 1.29 is 17.9 Å². The number of imidazole rings is 1. The molecule has 1 aliphatic heterocycles. The first-order valence-electron chi connectivity index (χ1n) is 9.26. The summed E-state index contributed by atoms with van der Waals surface area (Å²) in [4.78, 5) is 18.8. The maximum Gasteiger partial charge on any atom is 0.262 e. The predicted octanol–water partition coefficient (Wildman–Crippen LogP) is 3.49. The third-order valence-electron chi connectivity index (χ3n) is 4.67. The fourth-order valence-electron chi connectivity index (χ4n) is 3.15. The fraction of sp³-hybridized carbons (Fsp3) is 0.200. The summed E-state index contributed by atoms with van der Waals surface area (Å²) in [7, 11) is -3.99. The highest BCUT2D eigenvalue weighted by Gasteiger charge is 2.27. The van der Waals surface area contributed by atoms with Gasteiger partial charge < -0.3 is 15.0 Å². The molecule has 3 N–H and O–H groups in total. The Bertz CT molecular complexity index is 1190. The van der Waals surface area contributed by atoms with Crippen molar-refractivity contribution in [1.29, 1.82) is 0 Å². The van der Waals surface area contributed by atoms with Crippen LogP contribution in [-0.4, -0.2) is 30.9 Å². The lowest BCUT2D eigenvalue weighted by molar-refractivity contribution is -0.118. The summed E-state index contributed by atoms with van der Waals surface area (Å²) in [6.07, 6.45) is 2.14. The average molecular weight is 447 g/mol. The topological polar surface area (TPSA) is 113 Å². The van der Waals surface area contributed by atoms with E-state index in [1.165, 1.54) is 12.1 Å². The van der Waals surface area contributed by atoms with Crippen molar-refractivity contribution in [3.63, 3.8) is 0 Å². The summed E-state index contributed by atoms with van der Waals surface area (Å²) in [5, 5.41) is 2.57. The number of sulfonamides is 1. The van der Waals surface area contributed by atoms with Crippen LogP contribution in [0, 0.1) is 0 Å². The van der Waals surface area contributed by atoms with E-state index in [-0.39, 0.29) is 28.2 Å². The van der Waals surface area contributed by atoms with E-state index in [1.807, 2.05) is 37.3 Å². The van der Waals surface area contributed by atoms with E-state index >= 15 is 0 Å². The molecule has 2 aromatic carbocycles. The van der Waals surface area contributed by atoms with Gasteiger partial charge in [0.15, 0.2) is 6.61 Å². The predicted molar refractivity (Wildman–Crippen MR) is 113 cm³/mol. The van der Waals surface area contributed by atoms with E-state index in [1.54, 1.807) is 6.20 Å². The smallest absolute Gasteiger partial charge is 0.262 e. The number of H-pyrrole nitrogens is 1. The van der Waals surface area contributed by atoms with E-state index in [0.717, 1.165) is 11.3 Å². The van der Waals surface area contributed by atoms with Crippen LogP contribution in [-0.2, 0) is 14.8 Å². The Labute approximate surface area is 178 Å². The van der Waals surface area contributed by atoms with Crippen LogP contribution in [0.2, 0.25) is 5.02 Å². The van der Waals surface area contributed by atoms with Crippen LogP contribution in [0.25, 0.3) is 11.3 Å². The van der Waals surface area contributed by atoms with E-state index in [2.05, 4.69) is 20.0 Å². The van der Waals surface area contributed by atoms with Crippen molar-refractivity contribution in [2.45, 2.75) is 24.3 Å². The molecule has 8 nitrogen and oxygen atoms in total. The summed E-state index contributed by atoms with van der Waals surface area (Å²) < 4.78 is 34.0. The number of carbonyl (C=O) groups excluding carboxylic acids is 1. The molecule has 1 amide bonds. The van der Waals surface area contributed by atoms with E-state index < -0.39 is 16.1 Å². The molecule has 2 heterocycles. The molecule has 0 spiro atoms. The van der Waals surface area contributed by atoms with Gasteiger partial charge in [-0.15, -0.1) is 0 Å². The first kappa shape index (κ1) is 20.4. The van der Waals surface area contributed by atoms with Gasteiger partial charge in [0, 0.05) is 6.07 Å². The first-order valence-corrected chi connectivity index (χ1v) is 11.1. The van der Waals surface area contributed by atoms with Gasteiger partial charge in [-0.25, -0.2) is 18.1 Å². The van der Waals surface area contributed by atoms with Crippen molar-refractivity contribution in [3.05, 3.63) is 59.5 Å². The Kier molecular flexibility index (Phi) is 5.50. The Morgan fingerprint density at radius 2 is 2.03 bits per heavy atom. The van der Waals surface area contributed by atoms with Crippen LogP contribution in [0.15, 0.2) is 53.6 Å². The minimum Gasteiger partial charge on any atom is -0.482 e. The number of anilines is 1. The van der Waals surface area contributed by atoms with Crippen LogP contribution in [0.1, 0.15) is 25.2 Å². The zero-order valence-corrected chi connectivity index (χ0v) is 17.5. The van der Waals surface area contributed by atoms with Gasteiger partial charge in [-0.05, 0) is 18.1 Å². The molecule has 4 rings (SSSR count). The Morgan fingerprint density at radius 3 is 2.77 bits per heavy atom. The zero-order valence-electron chi connectivity index (χ0n) is 16.0. The normalized spacial score (nSPS) is 14.5. The second-order valence-electron chi connectivity index (χ2n) is 6.75. The quantitative estimate of drug-likeness (QED) is 0.536. The molecular formula is C20H19ClN4O4S. The lowest BCUT2D eigenvalue weighted by atomic mass is 10.2. The number of nitrogens with zero attached hydrogens (tertiary/aromatic N) is 1. The second kappa shape index (κ2) is 8.10. The molecule has 0 aliphatic carbocycles. The highest BCUT2D eigenvalue weighted by Crippen LogP contribution is 2.36. The fourth-order valence-corrected chi connectivity index (χ4v) is 4.97. The summed E-state index contributed by atoms with van der Waals surface area (Å²) >= 11 is 6.20. The number of carbonyl (C=O) groups is 1. The first-order chi connectivity index (χ1) is 14.4. The van der Waals surface area contributed by atoms with Gasteiger partial charge in [0.2, 0.25) is 10.0 Å². The number of fused-ring (bicyclic) bond motifs is 1. The maximum atomic E-state index is 13.0. The third kappa shape index (κ3) is 4.04. The lowest BCUT2D eigenvalue weighted by Gasteiger charge is -2.20. The number of nitrogens with one attached hydrogen (secondary N) is 3. The van der Waals surface area contributed by atoms with Crippen molar-refractivity contribution in [2.75, 3.05) is 11.9 Å². The van der Waals surface area contributed by atoms with E-state index in [9.17, 15) is 13.2 Å². The van der Waals surface area contributed by atoms with Crippen LogP contribution in [0.5, 0.6) is 5.75 Å².